The van der Waals surface area contributed by atoms with Gasteiger partial charge in [-0.25, -0.2) is 4.79 Å². The first-order valence-corrected chi connectivity index (χ1v) is 11.3. The van der Waals surface area contributed by atoms with Gasteiger partial charge in [0.25, 0.3) is 0 Å². The number of rotatable bonds is 15. The monoisotopic (exact) mass is 467 g/mol. The Labute approximate surface area is 197 Å². The normalized spacial score (nSPS) is 15.1. The van der Waals surface area contributed by atoms with Gasteiger partial charge in [-0.05, 0) is 32.6 Å². The minimum atomic E-state index is -1.19. The summed E-state index contributed by atoms with van der Waals surface area (Å²) in [5, 5.41) is 8.40. The van der Waals surface area contributed by atoms with Gasteiger partial charge in [0.2, 0.25) is 11.8 Å². The number of nitrogens with one attached hydrogen (secondary N) is 3. The largest absolute Gasteiger partial charge is 0.467 e. The predicted molar refractivity (Wildman–Crippen MR) is 128 cm³/mol. The zero-order valence-corrected chi connectivity index (χ0v) is 20.8. The number of amides is 2. The minimum Gasteiger partial charge on any atom is -0.467 e. The van der Waals surface area contributed by atoms with Crippen molar-refractivity contribution in [1.82, 2.24) is 16.0 Å². The number of ketones is 1. The van der Waals surface area contributed by atoms with Crippen LogP contribution in [-0.2, 0) is 23.9 Å². The van der Waals surface area contributed by atoms with E-state index in [-0.39, 0.29) is 36.4 Å². The molecule has 0 spiro atoms. The lowest BCUT2D eigenvalue weighted by molar-refractivity contribution is -0.146. The first-order chi connectivity index (χ1) is 15.4. The van der Waals surface area contributed by atoms with E-state index in [1.54, 1.807) is 40.8 Å². The van der Waals surface area contributed by atoms with Gasteiger partial charge in [0, 0.05) is 31.8 Å². The van der Waals surface area contributed by atoms with Gasteiger partial charge in [0.1, 0.15) is 6.04 Å². The van der Waals surface area contributed by atoms with Crippen molar-refractivity contribution in [2.24, 2.45) is 22.6 Å². The summed E-state index contributed by atoms with van der Waals surface area (Å²) in [6, 6.07) is -0.804. The number of nitrogens with zero attached hydrogens (tertiary/aromatic N) is 1. The molecular weight excluding hydrogens is 426 g/mol. The minimum absolute atomic E-state index is 0.108. The van der Waals surface area contributed by atoms with E-state index in [9.17, 15) is 19.2 Å². The number of aliphatic imine (C=N–C) groups is 1. The van der Waals surface area contributed by atoms with Gasteiger partial charge in [0.15, 0.2) is 11.7 Å². The molecule has 0 aliphatic carbocycles. The first kappa shape index (κ1) is 30.1. The van der Waals surface area contributed by atoms with E-state index >= 15 is 0 Å². The smallest absolute Gasteiger partial charge is 0.328 e. The number of Topliss-reactive ketones (excluding diaryl/α,β-unsaturated/α-hetero) is 1. The Morgan fingerprint density at radius 1 is 1.21 bits per heavy atom. The summed E-state index contributed by atoms with van der Waals surface area (Å²) in [5.74, 6) is -2.26. The van der Waals surface area contributed by atoms with Crippen LogP contribution in [0.2, 0.25) is 0 Å². The molecule has 2 amide bonds. The summed E-state index contributed by atoms with van der Waals surface area (Å²) in [6.45, 7) is 11.0. The van der Waals surface area contributed by atoms with Crippen LogP contribution in [0.4, 0.5) is 0 Å². The number of methoxy groups -OCH3 is 1. The molecule has 0 radical (unpaired) electrons. The number of carbonyl (C=O) groups excluding carboxylic acids is 4. The summed E-state index contributed by atoms with van der Waals surface area (Å²) in [7, 11) is 2.81. The molecule has 0 unspecified atom stereocenters. The van der Waals surface area contributed by atoms with E-state index in [0.29, 0.717) is 25.8 Å². The fraction of sp³-hybridized carbons (Fsp3) is 0.696. The van der Waals surface area contributed by atoms with E-state index < -0.39 is 29.4 Å². The molecule has 33 heavy (non-hydrogen) atoms. The van der Waals surface area contributed by atoms with Crippen LogP contribution in [0.3, 0.4) is 0 Å². The zero-order valence-electron chi connectivity index (χ0n) is 20.8. The molecular formula is C23H41N5O5. The molecule has 3 atom stereocenters. The molecule has 0 saturated carbocycles. The topological polar surface area (TPSA) is 152 Å². The van der Waals surface area contributed by atoms with Gasteiger partial charge in [-0.2, -0.15) is 0 Å². The van der Waals surface area contributed by atoms with E-state index in [4.69, 9.17) is 10.5 Å². The average molecular weight is 468 g/mol. The van der Waals surface area contributed by atoms with Crippen LogP contribution in [0.5, 0.6) is 0 Å². The number of ether oxygens (including phenoxy) is 1. The highest BCUT2D eigenvalue weighted by Gasteiger charge is 2.37. The molecule has 5 N–H and O–H groups in total. The molecule has 0 rings (SSSR count). The summed E-state index contributed by atoms with van der Waals surface area (Å²) < 4.78 is 4.74. The number of carbonyl (C=O) groups is 4. The van der Waals surface area contributed by atoms with Gasteiger partial charge in [0.05, 0.1) is 12.6 Å². The second kappa shape index (κ2) is 15.0. The quantitative estimate of drug-likeness (QED) is 0.0923. The highest BCUT2D eigenvalue weighted by atomic mass is 16.5. The molecule has 0 aliphatic rings. The van der Waals surface area contributed by atoms with Crippen molar-refractivity contribution in [2.45, 2.75) is 71.4 Å². The Balaban J connectivity index is 5.59. The Morgan fingerprint density at radius 2 is 1.85 bits per heavy atom. The molecule has 0 aromatic carbocycles. The van der Waals surface area contributed by atoms with Crippen LogP contribution in [-0.4, -0.2) is 61.8 Å². The standard InChI is InChI=1S/C23H41N5O5/c1-8-12-23(5,28-19(30)15(3)4)18(29)14-16(11-10-13-26-22(24)25-6)20(31)27-17(9-2)21(32)33-7/h8,15-17H,1,9-14H2,2-7H3,(H,27,31)(H,28,30)(H3,24,25,26)/t16-,17+,23-/m1/s1. The molecule has 0 aromatic heterocycles. The third-order valence-corrected chi connectivity index (χ3v) is 5.38. The molecule has 0 bridgehead atoms. The summed E-state index contributed by atoms with van der Waals surface area (Å²) in [6.07, 6.45) is 2.93. The van der Waals surface area contributed by atoms with E-state index in [1.165, 1.54) is 7.11 Å². The average Bonchev–Trinajstić information content (AvgIpc) is 2.78. The van der Waals surface area contributed by atoms with Crippen molar-refractivity contribution >= 4 is 29.5 Å². The van der Waals surface area contributed by atoms with Crippen molar-refractivity contribution in [2.75, 3.05) is 20.7 Å². The summed E-state index contributed by atoms with van der Waals surface area (Å²) >= 11 is 0. The lowest BCUT2D eigenvalue weighted by Gasteiger charge is -2.31. The van der Waals surface area contributed by atoms with Crippen molar-refractivity contribution in [1.29, 1.82) is 0 Å². The number of hydrogen-bond donors (Lipinski definition) is 4. The fourth-order valence-electron chi connectivity index (χ4n) is 3.12. The molecule has 188 valence electrons. The second-order valence-corrected chi connectivity index (χ2v) is 8.46. The Hall–Kier alpha value is -2.91. The molecule has 0 aliphatic heterocycles. The third-order valence-electron chi connectivity index (χ3n) is 5.38. The zero-order chi connectivity index (χ0) is 25.6. The highest BCUT2D eigenvalue weighted by Crippen LogP contribution is 2.21. The SMILES string of the molecule is C=CC[C@@](C)(NC(=O)C(C)C)C(=O)C[C@@H](CCCNC(N)=NC)C(=O)N[C@@H](CC)C(=O)OC. The second-order valence-electron chi connectivity index (χ2n) is 8.46. The maximum Gasteiger partial charge on any atom is 0.328 e. The third kappa shape index (κ3) is 10.5. The van der Waals surface area contributed by atoms with Crippen molar-refractivity contribution in [3.8, 4) is 0 Å². The van der Waals surface area contributed by atoms with Crippen LogP contribution >= 0.6 is 0 Å². The summed E-state index contributed by atoms with van der Waals surface area (Å²) in [5.41, 5.74) is 4.44. The molecule has 0 fully saturated rings. The lowest BCUT2D eigenvalue weighted by atomic mass is 9.84. The fourth-order valence-corrected chi connectivity index (χ4v) is 3.12. The molecule has 10 heteroatoms. The van der Waals surface area contributed by atoms with Gasteiger partial charge in [-0.3, -0.25) is 19.4 Å². The number of guanidine groups is 1. The van der Waals surface area contributed by atoms with E-state index in [2.05, 4.69) is 27.5 Å². The Morgan fingerprint density at radius 3 is 2.33 bits per heavy atom. The highest BCUT2D eigenvalue weighted by molar-refractivity contribution is 5.96. The van der Waals surface area contributed by atoms with Crippen molar-refractivity contribution in [3.63, 3.8) is 0 Å². The number of esters is 1. The maximum absolute atomic E-state index is 13.3. The lowest BCUT2D eigenvalue weighted by Crippen LogP contribution is -2.54. The predicted octanol–water partition coefficient (Wildman–Crippen LogP) is 1.05. The maximum atomic E-state index is 13.3. The molecule has 10 nitrogen and oxygen atoms in total. The number of nitrogens with two attached hydrogens (primary N) is 1. The molecule has 0 saturated heterocycles. The van der Waals surface area contributed by atoms with Crippen LogP contribution in [0.25, 0.3) is 0 Å². The van der Waals surface area contributed by atoms with Gasteiger partial charge in [-0.15, -0.1) is 6.58 Å². The van der Waals surface area contributed by atoms with Crippen LogP contribution in [0.15, 0.2) is 17.6 Å². The van der Waals surface area contributed by atoms with Gasteiger partial charge in [-0.1, -0.05) is 26.8 Å². The van der Waals surface area contributed by atoms with Crippen LogP contribution < -0.4 is 21.7 Å². The van der Waals surface area contributed by atoms with Crippen LogP contribution in [0.1, 0.15) is 59.8 Å². The Bertz CT molecular complexity index is 722. The van der Waals surface area contributed by atoms with Crippen molar-refractivity contribution in [3.05, 3.63) is 12.7 Å². The molecule has 0 aromatic rings. The van der Waals surface area contributed by atoms with E-state index in [1.807, 2.05) is 0 Å². The van der Waals surface area contributed by atoms with Gasteiger partial charge >= 0.3 is 5.97 Å². The summed E-state index contributed by atoms with van der Waals surface area (Å²) in [4.78, 5) is 54.3. The first-order valence-electron chi connectivity index (χ1n) is 11.3. The van der Waals surface area contributed by atoms with Crippen molar-refractivity contribution < 1.29 is 23.9 Å². The number of hydrogen-bond acceptors (Lipinski definition) is 6. The molecule has 0 heterocycles. The van der Waals surface area contributed by atoms with Gasteiger partial charge < -0.3 is 26.4 Å². The van der Waals surface area contributed by atoms with Crippen LogP contribution in [0, 0.1) is 11.8 Å². The van der Waals surface area contributed by atoms with E-state index in [0.717, 1.165) is 0 Å². The Kier molecular flexibility index (Phi) is 13.7.